The number of rotatable bonds is 3. The van der Waals surface area contributed by atoms with Gasteiger partial charge in [0.2, 0.25) is 0 Å². The molecule has 0 bridgehead atoms. The van der Waals surface area contributed by atoms with Crippen LogP contribution in [0.4, 0.5) is 17.6 Å². The fraction of sp³-hybridized carbons (Fsp3) is 0.0625. The molecule has 2 aromatic rings. The van der Waals surface area contributed by atoms with Crippen LogP contribution >= 0.6 is 11.8 Å². The summed E-state index contributed by atoms with van der Waals surface area (Å²) in [6.07, 6.45) is 0. The Morgan fingerprint density at radius 3 is 1.95 bits per heavy atom. The van der Waals surface area contributed by atoms with E-state index in [-0.39, 0.29) is 17.3 Å². The Balaban J connectivity index is 2.48. The minimum Gasteiger partial charge on any atom is -0.206 e. The minimum absolute atomic E-state index is 0.0283. The summed E-state index contributed by atoms with van der Waals surface area (Å²) in [5.41, 5.74) is 0.279. The molecule has 0 N–H and O–H groups in total. The molecule has 0 heterocycles. The van der Waals surface area contributed by atoms with Crippen molar-refractivity contribution in [3.8, 4) is 5.40 Å². The van der Waals surface area contributed by atoms with Crippen molar-refractivity contribution < 1.29 is 17.6 Å². The Morgan fingerprint density at radius 1 is 0.955 bits per heavy atom. The summed E-state index contributed by atoms with van der Waals surface area (Å²) in [6.45, 7) is 1.79. The van der Waals surface area contributed by atoms with Gasteiger partial charge in [-0.05, 0) is 30.8 Å². The topological polar surface area (TPSA) is 23.8 Å². The predicted molar refractivity (Wildman–Crippen MR) is 78.0 cm³/mol. The second-order valence-electron chi connectivity index (χ2n) is 4.46. The van der Waals surface area contributed by atoms with E-state index < -0.39 is 33.7 Å². The molecular formula is C16H9F4NS. The molecular weight excluding hydrogens is 314 g/mol. The molecule has 2 rings (SSSR count). The fourth-order valence-corrected chi connectivity index (χ4v) is 2.19. The van der Waals surface area contributed by atoms with Crippen LogP contribution in [0.15, 0.2) is 41.3 Å². The Kier molecular flexibility index (Phi) is 4.88. The monoisotopic (exact) mass is 323 g/mol. The second kappa shape index (κ2) is 6.67. The van der Waals surface area contributed by atoms with Crippen LogP contribution in [0.1, 0.15) is 16.7 Å². The number of nitrogens with zero attached hydrogens (tertiary/aromatic N) is 1. The zero-order valence-corrected chi connectivity index (χ0v) is 12.1. The molecule has 0 unspecified atom stereocenters. The van der Waals surface area contributed by atoms with Gasteiger partial charge in [-0.2, -0.15) is 5.26 Å². The third kappa shape index (κ3) is 3.31. The first kappa shape index (κ1) is 16.1. The number of aryl methyl sites for hydroxylation is 1. The van der Waals surface area contributed by atoms with Crippen LogP contribution < -0.4 is 0 Å². The highest BCUT2D eigenvalue weighted by molar-refractivity contribution is 8.03. The lowest BCUT2D eigenvalue weighted by Gasteiger charge is -2.06. The van der Waals surface area contributed by atoms with Crippen molar-refractivity contribution in [2.45, 2.75) is 11.8 Å². The summed E-state index contributed by atoms with van der Waals surface area (Å²) in [6, 6.07) is 7.25. The van der Waals surface area contributed by atoms with E-state index in [0.717, 1.165) is 5.56 Å². The van der Waals surface area contributed by atoms with Crippen molar-refractivity contribution in [2.75, 3.05) is 0 Å². The van der Waals surface area contributed by atoms with Gasteiger partial charge in [0.1, 0.15) is 17.0 Å². The molecule has 112 valence electrons. The molecule has 1 nitrogen and oxygen atoms in total. The number of halogens is 4. The molecule has 0 fully saturated rings. The van der Waals surface area contributed by atoms with E-state index in [4.69, 9.17) is 5.26 Å². The van der Waals surface area contributed by atoms with Crippen molar-refractivity contribution in [3.63, 3.8) is 0 Å². The highest BCUT2D eigenvalue weighted by Crippen LogP contribution is 2.33. The maximum atomic E-state index is 14.1. The SMILES string of the molecule is Cc1ccc(/C(F)=C(\F)c2cc(F)c(SC#N)c(F)c2)cc1. The van der Waals surface area contributed by atoms with E-state index in [9.17, 15) is 17.6 Å². The van der Waals surface area contributed by atoms with Gasteiger partial charge in [-0.1, -0.05) is 29.8 Å². The average Bonchev–Trinajstić information content (AvgIpc) is 2.50. The van der Waals surface area contributed by atoms with Gasteiger partial charge >= 0.3 is 0 Å². The maximum absolute atomic E-state index is 14.1. The summed E-state index contributed by atoms with van der Waals surface area (Å²) in [4.78, 5) is -0.546. The third-order valence-corrected chi connectivity index (χ3v) is 3.58. The quantitative estimate of drug-likeness (QED) is 0.317. The van der Waals surface area contributed by atoms with E-state index in [1.807, 2.05) is 0 Å². The van der Waals surface area contributed by atoms with Crippen molar-refractivity contribution >= 4 is 23.4 Å². The number of thiocyanates is 1. The molecule has 0 spiro atoms. The number of hydrogen-bond donors (Lipinski definition) is 0. The van der Waals surface area contributed by atoms with Crippen LogP contribution in [-0.4, -0.2) is 0 Å². The number of nitriles is 1. The van der Waals surface area contributed by atoms with Crippen LogP contribution in [0.2, 0.25) is 0 Å². The van der Waals surface area contributed by atoms with Crippen LogP contribution in [-0.2, 0) is 0 Å². The number of thioether (sulfide) groups is 1. The van der Waals surface area contributed by atoms with Crippen LogP contribution in [0, 0.1) is 29.2 Å². The van der Waals surface area contributed by atoms with Crippen LogP contribution in [0.3, 0.4) is 0 Å². The van der Waals surface area contributed by atoms with E-state index in [2.05, 4.69) is 0 Å². The summed E-state index contributed by atoms with van der Waals surface area (Å²) < 4.78 is 55.5. The van der Waals surface area contributed by atoms with Crippen molar-refractivity contribution in [3.05, 3.63) is 64.7 Å². The molecule has 0 radical (unpaired) electrons. The van der Waals surface area contributed by atoms with Gasteiger partial charge in [0.25, 0.3) is 0 Å². The van der Waals surface area contributed by atoms with E-state index in [0.29, 0.717) is 12.1 Å². The highest BCUT2D eigenvalue weighted by atomic mass is 32.2. The van der Waals surface area contributed by atoms with Gasteiger partial charge < -0.3 is 0 Å². The predicted octanol–water partition coefficient (Wildman–Crippen LogP) is 5.61. The molecule has 0 aliphatic carbocycles. The summed E-state index contributed by atoms with van der Waals surface area (Å²) in [7, 11) is 0. The molecule has 22 heavy (non-hydrogen) atoms. The lowest BCUT2D eigenvalue weighted by molar-refractivity contribution is 0.539. The zero-order valence-electron chi connectivity index (χ0n) is 11.3. The molecule has 0 saturated heterocycles. The lowest BCUT2D eigenvalue weighted by Crippen LogP contribution is -1.92. The van der Waals surface area contributed by atoms with Crippen LogP contribution in [0.5, 0.6) is 0 Å². The van der Waals surface area contributed by atoms with Crippen molar-refractivity contribution in [1.82, 2.24) is 0 Å². The smallest absolute Gasteiger partial charge is 0.166 e. The second-order valence-corrected chi connectivity index (χ2v) is 5.25. The number of hydrogen-bond acceptors (Lipinski definition) is 2. The largest absolute Gasteiger partial charge is 0.206 e. The van der Waals surface area contributed by atoms with E-state index >= 15 is 0 Å². The minimum atomic E-state index is -1.37. The normalized spacial score (nSPS) is 11.8. The highest BCUT2D eigenvalue weighted by Gasteiger charge is 2.17. The van der Waals surface area contributed by atoms with Gasteiger partial charge in [0.15, 0.2) is 11.7 Å². The first-order valence-electron chi connectivity index (χ1n) is 6.11. The lowest BCUT2D eigenvalue weighted by atomic mass is 10.1. The third-order valence-electron chi connectivity index (χ3n) is 2.90. The molecule has 0 amide bonds. The Hall–Kier alpha value is -2.26. The van der Waals surface area contributed by atoms with E-state index in [1.54, 1.807) is 19.1 Å². The van der Waals surface area contributed by atoms with Gasteiger partial charge in [-0.25, -0.2) is 17.6 Å². The number of benzene rings is 2. The first-order valence-corrected chi connectivity index (χ1v) is 6.93. The molecule has 2 aromatic carbocycles. The Morgan fingerprint density at radius 2 is 1.45 bits per heavy atom. The average molecular weight is 323 g/mol. The first-order chi connectivity index (χ1) is 10.4. The molecule has 0 aliphatic rings. The molecule has 6 heteroatoms. The zero-order chi connectivity index (χ0) is 16.3. The molecule has 0 saturated carbocycles. The van der Waals surface area contributed by atoms with Gasteiger partial charge in [0, 0.05) is 11.1 Å². The van der Waals surface area contributed by atoms with E-state index in [1.165, 1.54) is 17.5 Å². The van der Waals surface area contributed by atoms with Gasteiger partial charge in [-0.15, -0.1) is 0 Å². The van der Waals surface area contributed by atoms with Gasteiger partial charge in [0.05, 0.1) is 4.90 Å². The maximum Gasteiger partial charge on any atom is 0.166 e. The summed E-state index contributed by atoms with van der Waals surface area (Å²) in [5.74, 6) is -4.81. The fourth-order valence-electron chi connectivity index (χ4n) is 1.78. The van der Waals surface area contributed by atoms with Gasteiger partial charge in [-0.3, -0.25) is 0 Å². The summed E-state index contributed by atoms with van der Waals surface area (Å²) >= 11 is 0.279. The van der Waals surface area contributed by atoms with Crippen molar-refractivity contribution in [1.29, 1.82) is 5.26 Å². The molecule has 0 aromatic heterocycles. The standard InChI is InChI=1S/C16H9F4NS/c1-9-2-4-10(5-3-9)14(19)15(20)11-6-12(17)16(22-8-21)13(18)7-11/h2-7H,1H3/b15-14+. The Labute approximate surface area is 128 Å². The molecule has 0 aliphatic heterocycles. The molecule has 0 atom stereocenters. The van der Waals surface area contributed by atoms with Crippen LogP contribution in [0.25, 0.3) is 11.7 Å². The Bertz CT molecular complexity index is 753. The summed E-state index contributed by atoms with van der Waals surface area (Å²) in [5, 5.41) is 9.97. The van der Waals surface area contributed by atoms with Crippen molar-refractivity contribution in [2.24, 2.45) is 0 Å².